The lowest BCUT2D eigenvalue weighted by Crippen LogP contribution is -1.93. The molecule has 0 spiro atoms. The minimum atomic E-state index is 0.358. The molecular formula is C10H14Br2. The second-order valence-electron chi connectivity index (χ2n) is 4.80. The zero-order valence-electron chi connectivity index (χ0n) is 7.10. The molecule has 2 heteroatoms. The molecule has 3 fully saturated rings. The van der Waals surface area contributed by atoms with Crippen molar-refractivity contribution in [3.63, 3.8) is 0 Å². The zero-order chi connectivity index (χ0) is 8.34. The van der Waals surface area contributed by atoms with Crippen molar-refractivity contribution in [2.45, 2.75) is 35.3 Å². The van der Waals surface area contributed by atoms with Crippen molar-refractivity contribution in [2.75, 3.05) is 0 Å². The molecule has 3 aliphatic rings. The first-order chi connectivity index (χ1) is 5.69. The molecule has 0 aliphatic heterocycles. The summed E-state index contributed by atoms with van der Waals surface area (Å²) in [7, 11) is 0. The first-order valence-electron chi connectivity index (χ1n) is 5.07. The summed E-state index contributed by atoms with van der Waals surface area (Å²) in [4.78, 5) is 0. The van der Waals surface area contributed by atoms with Gasteiger partial charge in [0.15, 0.2) is 0 Å². The van der Waals surface area contributed by atoms with Gasteiger partial charge in [-0.05, 0) is 55.8 Å². The Kier molecular flexibility index (Phi) is 1.73. The SMILES string of the molecule is BrC1(Br)C2CCC3CC3CCC21. The van der Waals surface area contributed by atoms with Gasteiger partial charge in [0, 0.05) is 0 Å². The van der Waals surface area contributed by atoms with Crippen LogP contribution in [0.4, 0.5) is 0 Å². The monoisotopic (exact) mass is 292 g/mol. The molecule has 4 atom stereocenters. The Morgan fingerprint density at radius 1 is 0.833 bits per heavy atom. The van der Waals surface area contributed by atoms with E-state index in [2.05, 4.69) is 31.9 Å². The van der Waals surface area contributed by atoms with Crippen LogP contribution in [0.25, 0.3) is 0 Å². The van der Waals surface area contributed by atoms with E-state index >= 15 is 0 Å². The molecule has 12 heavy (non-hydrogen) atoms. The number of hydrogen-bond acceptors (Lipinski definition) is 0. The Morgan fingerprint density at radius 2 is 1.33 bits per heavy atom. The summed E-state index contributed by atoms with van der Waals surface area (Å²) in [5.41, 5.74) is 0. The highest BCUT2D eigenvalue weighted by molar-refractivity contribution is 9.25. The molecule has 0 N–H and O–H groups in total. The standard InChI is InChI=1S/C10H14Br2/c11-10(12)8-3-1-6-5-7(6)2-4-9(8)10/h6-9H,1-5H2. The largest absolute Gasteiger partial charge is 0.0868 e. The van der Waals surface area contributed by atoms with E-state index in [0.717, 1.165) is 23.7 Å². The first-order valence-corrected chi connectivity index (χ1v) is 6.66. The quantitative estimate of drug-likeness (QED) is 0.594. The summed E-state index contributed by atoms with van der Waals surface area (Å²) < 4.78 is 0.358. The Hall–Kier alpha value is 0.960. The fourth-order valence-electron chi connectivity index (χ4n) is 3.05. The van der Waals surface area contributed by atoms with Crippen LogP contribution in [0.5, 0.6) is 0 Å². The Balaban J connectivity index is 1.70. The van der Waals surface area contributed by atoms with Crippen LogP contribution >= 0.6 is 31.9 Å². The summed E-state index contributed by atoms with van der Waals surface area (Å²) in [5.74, 6) is 4.14. The van der Waals surface area contributed by atoms with Gasteiger partial charge in [-0.2, -0.15) is 0 Å². The van der Waals surface area contributed by atoms with Gasteiger partial charge in [-0.3, -0.25) is 0 Å². The second kappa shape index (κ2) is 2.50. The summed E-state index contributed by atoms with van der Waals surface area (Å²) in [6, 6.07) is 0. The molecule has 0 saturated heterocycles. The van der Waals surface area contributed by atoms with E-state index < -0.39 is 0 Å². The molecule has 0 aromatic heterocycles. The van der Waals surface area contributed by atoms with Crippen molar-refractivity contribution in [1.29, 1.82) is 0 Å². The van der Waals surface area contributed by atoms with Gasteiger partial charge in [0.1, 0.15) is 0 Å². The molecule has 0 amide bonds. The highest BCUT2D eigenvalue weighted by Gasteiger charge is 2.62. The van der Waals surface area contributed by atoms with Gasteiger partial charge >= 0.3 is 0 Å². The van der Waals surface area contributed by atoms with Gasteiger partial charge in [0.2, 0.25) is 0 Å². The van der Waals surface area contributed by atoms with Crippen LogP contribution in [0.15, 0.2) is 0 Å². The molecule has 3 aliphatic carbocycles. The van der Waals surface area contributed by atoms with Gasteiger partial charge in [-0.15, -0.1) is 0 Å². The highest BCUT2D eigenvalue weighted by atomic mass is 79.9. The topological polar surface area (TPSA) is 0 Å². The summed E-state index contributed by atoms with van der Waals surface area (Å²) in [6.45, 7) is 0. The molecule has 0 radical (unpaired) electrons. The summed E-state index contributed by atoms with van der Waals surface area (Å²) in [6.07, 6.45) is 7.48. The van der Waals surface area contributed by atoms with Crippen LogP contribution < -0.4 is 0 Å². The zero-order valence-corrected chi connectivity index (χ0v) is 10.3. The van der Waals surface area contributed by atoms with Gasteiger partial charge < -0.3 is 0 Å². The predicted octanol–water partition coefficient (Wildman–Crippen LogP) is 3.93. The lowest BCUT2D eigenvalue weighted by atomic mass is 10.0. The van der Waals surface area contributed by atoms with E-state index in [9.17, 15) is 0 Å². The third-order valence-corrected chi connectivity index (χ3v) is 6.48. The van der Waals surface area contributed by atoms with Gasteiger partial charge in [-0.25, -0.2) is 0 Å². The van der Waals surface area contributed by atoms with E-state index in [4.69, 9.17) is 0 Å². The van der Waals surface area contributed by atoms with Crippen LogP contribution in [0.2, 0.25) is 0 Å². The van der Waals surface area contributed by atoms with Crippen LogP contribution in [-0.4, -0.2) is 3.23 Å². The lowest BCUT2D eigenvalue weighted by molar-refractivity contribution is 0.468. The van der Waals surface area contributed by atoms with E-state index in [1.54, 1.807) is 6.42 Å². The Bertz CT molecular complexity index is 192. The van der Waals surface area contributed by atoms with E-state index in [0.29, 0.717) is 3.23 Å². The maximum atomic E-state index is 3.80. The maximum Gasteiger partial charge on any atom is 0.0868 e. The molecule has 0 aromatic carbocycles. The smallest absolute Gasteiger partial charge is 0.0721 e. The number of hydrogen-bond donors (Lipinski definition) is 0. The average Bonchev–Trinajstić information content (AvgIpc) is 2.75. The fourth-order valence-corrected chi connectivity index (χ4v) is 4.98. The van der Waals surface area contributed by atoms with Crippen LogP contribution in [0.3, 0.4) is 0 Å². The molecular weight excluding hydrogens is 280 g/mol. The molecule has 0 nitrogen and oxygen atoms in total. The van der Waals surface area contributed by atoms with Gasteiger partial charge in [0.05, 0.1) is 3.23 Å². The number of fused-ring (bicyclic) bond motifs is 2. The van der Waals surface area contributed by atoms with Crippen molar-refractivity contribution in [2.24, 2.45) is 23.7 Å². The highest BCUT2D eigenvalue weighted by Crippen LogP contribution is 2.68. The van der Waals surface area contributed by atoms with Crippen molar-refractivity contribution >= 4 is 31.9 Å². The van der Waals surface area contributed by atoms with Crippen LogP contribution in [0, 0.1) is 23.7 Å². The van der Waals surface area contributed by atoms with Gasteiger partial charge in [0.25, 0.3) is 0 Å². The summed E-state index contributed by atoms with van der Waals surface area (Å²) >= 11 is 7.60. The molecule has 0 bridgehead atoms. The third kappa shape index (κ3) is 1.13. The lowest BCUT2D eigenvalue weighted by Gasteiger charge is -2.04. The van der Waals surface area contributed by atoms with E-state index in [1.165, 1.54) is 25.7 Å². The maximum absolute atomic E-state index is 3.80. The van der Waals surface area contributed by atoms with Crippen molar-refractivity contribution in [3.05, 3.63) is 0 Å². The molecule has 3 saturated carbocycles. The van der Waals surface area contributed by atoms with E-state index in [1.807, 2.05) is 0 Å². The molecule has 4 unspecified atom stereocenters. The van der Waals surface area contributed by atoms with Crippen LogP contribution in [0.1, 0.15) is 32.1 Å². The summed E-state index contributed by atoms with van der Waals surface area (Å²) in [5, 5.41) is 0. The van der Waals surface area contributed by atoms with Gasteiger partial charge in [-0.1, -0.05) is 31.9 Å². The normalized spacial score (nSPS) is 54.5. The second-order valence-corrected chi connectivity index (χ2v) is 8.49. The van der Waals surface area contributed by atoms with Crippen molar-refractivity contribution in [1.82, 2.24) is 0 Å². The fraction of sp³-hybridized carbons (Fsp3) is 1.00. The van der Waals surface area contributed by atoms with Crippen molar-refractivity contribution < 1.29 is 0 Å². The number of alkyl halides is 2. The minimum absolute atomic E-state index is 0.358. The molecule has 0 heterocycles. The molecule has 3 rings (SSSR count). The minimum Gasteiger partial charge on any atom is -0.0721 e. The average molecular weight is 294 g/mol. The Morgan fingerprint density at radius 3 is 1.83 bits per heavy atom. The molecule has 0 aromatic rings. The van der Waals surface area contributed by atoms with Crippen molar-refractivity contribution in [3.8, 4) is 0 Å². The number of rotatable bonds is 0. The Labute approximate surface area is 90.7 Å². The number of halogens is 2. The predicted molar refractivity (Wildman–Crippen MR) is 57.6 cm³/mol. The van der Waals surface area contributed by atoms with Crippen LogP contribution in [-0.2, 0) is 0 Å². The first kappa shape index (κ1) is 8.28. The molecule has 68 valence electrons. The third-order valence-electron chi connectivity index (χ3n) is 4.13. The van der Waals surface area contributed by atoms with E-state index in [-0.39, 0.29) is 0 Å².